The van der Waals surface area contributed by atoms with Crippen molar-refractivity contribution >= 4 is 5.91 Å². The molecule has 0 unspecified atom stereocenters. The van der Waals surface area contributed by atoms with Crippen LogP contribution in [-0.4, -0.2) is 25.3 Å². The summed E-state index contributed by atoms with van der Waals surface area (Å²) in [5.74, 6) is -2.02. The Balaban J connectivity index is 3.54. The van der Waals surface area contributed by atoms with Crippen LogP contribution in [0.5, 0.6) is 0 Å². The molecular formula is C5H7F4NO. The highest BCUT2D eigenvalue weighted by molar-refractivity contribution is 5.81. The lowest BCUT2D eigenvalue weighted by Crippen LogP contribution is -2.37. The van der Waals surface area contributed by atoms with Crippen LogP contribution in [-0.2, 0) is 4.79 Å². The smallest absolute Gasteiger partial charge is 0.348 e. The Hall–Kier alpha value is -0.810. The maximum absolute atomic E-state index is 11.4. The number of amides is 1. The van der Waals surface area contributed by atoms with E-state index < -0.39 is 18.8 Å². The quantitative estimate of drug-likeness (QED) is 0.501. The molecule has 0 rings (SSSR count). The first-order chi connectivity index (χ1) is 4.98. The zero-order valence-electron chi connectivity index (χ0n) is 5.54. The average molecular weight is 173 g/mol. The summed E-state index contributed by atoms with van der Waals surface area (Å²) in [6.07, 6.45) is -4.96. The molecule has 2 nitrogen and oxygen atoms in total. The van der Waals surface area contributed by atoms with Gasteiger partial charge in [0, 0.05) is 6.54 Å². The first kappa shape index (κ1) is 10.2. The van der Waals surface area contributed by atoms with Gasteiger partial charge in [-0.05, 0) is 6.42 Å². The second-order valence-corrected chi connectivity index (χ2v) is 1.80. The highest BCUT2D eigenvalue weighted by Gasteiger charge is 2.37. The number of hydrogen-bond acceptors (Lipinski definition) is 1. The maximum atomic E-state index is 11.4. The first-order valence-corrected chi connectivity index (χ1v) is 2.89. The van der Waals surface area contributed by atoms with Gasteiger partial charge >= 0.3 is 12.1 Å². The second kappa shape index (κ2) is 4.15. The van der Waals surface area contributed by atoms with Crippen LogP contribution in [0.3, 0.4) is 0 Å². The second-order valence-electron chi connectivity index (χ2n) is 1.80. The van der Waals surface area contributed by atoms with Crippen LogP contribution >= 0.6 is 0 Å². The molecule has 11 heavy (non-hydrogen) atoms. The van der Waals surface area contributed by atoms with E-state index in [-0.39, 0.29) is 13.0 Å². The van der Waals surface area contributed by atoms with Crippen LogP contribution < -0.4 is 5.32 Å². The van der Waals surface area contributed by atoms with E-state index in [1.54, 1.807) is 0 Å². The predicted molar refractivity (Wildman–Crippen MR) is 29.7 cm³/mol. The molecule has 0 radical (unpaired) electrons. The van der Waals surface area contributed by atoms with Gasteiger partial charge in [0.15, 0.2) is 0 Å². The summed E-state index contributed by atoms with van der Waals surface area (Å²) in [7, 11) is 0. The third-order valence-corrected chi connectivity index (χ3v) is 0.853. The highest BCUT2D eigenvalue weighted by Crippen LogP contribution is 2.13. The number of carbonyl (C=O) groups excluding carboxylic acids is 1. The molecular weight excluding hydrogens is 166 g/mol. The maximum Gasteiger partial charge on any atom is 0.471 e. The molecule has 0 fully saturated rings. The van der Waals surface area contributed by atoms with Crippen molar-refractivity contribution in [1.82, 2.24) is 5.32 Å². The van der Waals surface area contributed by atoms with E-state index in [0.717, 1.165) is 0 Å². The van der Waals surface area contributed by atoms with Crippen LogP contribution in [0.4, 0.5) is 17.6 Å². The molecule has 0 aliphatic heterocycles. The van der Waals surface area contributed by atoms with E-state index in [9.17, 15) is 22.4 Å². The largest absolute Gasteiger partial charge is 0.471 e. The van der Waals surface area contributed by atoms with Gasteiger partial charge in [0.05, 0.1) is 6.67 Å². The molecule has 6 heteroatoms. The van der Waals surface area contributed by atoms with Gasteiger partial charge in [-0.15, -0.1) is 0 Å². The lowest BCUT2D eigenvalue weighted by molar-refractivity contribution is -0.173. The number of rotatable bonds is 3. The van der Waals surface area contributed by atoms with Gasteiger partial charge in [0.1, 0.15) is 0 Å². The zero-order chi connectivity index (χ0) is 8.91. The van der Waals surface area contributed by atoms with Crippen molar-refractivity contribution in [3.8, 4) is 0 Å². The van der Waals surface area contributed by atoms with Crippen LogP contribution in [0.1, 0.15) is 6.42 Å². The summed E-state index contributed by atoms with van der Waals surface area (Å²) in [6.45, 7) is -1.02. The molecule has 0 aliphatic rings. The topological polar surface area (TPSA) is 29.1 Å². The summed E-state index contributed by atoms with van der Waals surface area (Å²) in [5, 5.41) is 1.52. The van der Waals surface area contributed by atoms with Crippen molar-refractivity contribution < 1.29 is 22.4 Å². The molecule has 66 valence electrons. The molecule has 0 heterocycles. The third-order valence-electron chi connectivity index (χ3n) is 0.853. The molecule has 1 N–H and O–H groups in total. The Morgan fingerprint density at radius 2 is 1.91 bits per heavy atom. The summed E-state index contributed by atoms with van der Waals surface area (Å²) < 4.78 is 45.4. The fourth-order valence-corrected chi connectivity index (χ4v) is 0.369. The molecule has 1 amide bonds. The minimum atomic E-state index is -4.86. The standard InChI is InChI=1S/C5H7F4NO/c6-2-1-3-10-4(11)5(7,8)9/h1-3H2,(H,10,11). The van der Waals surface area contributed by atoms with Gasteiger partial charge in [0.2, 0.25) is 0 Å². The van der Waals surface area contributed by atoms with E-state index in [1.165, 1.54) is 5.32 Å². The molecule has 0 aromatic heterocycles. The number of halogens is 4. The van der Waals surface area contributed by atoms with Crippen LogP contribution in [0.15, 0.2) is 0 Å². The van der Waals surface area contributed by atoms with Gasteiger partial charge in [-0.1, -0.05) is 0 Å². The first-order valence-electron chi connectivity index (χ1n) is 2.89. The van der Waals surface area contributed by atoms with Crippen molar-refractivity contribution in [2.45, 2.75) is 12.6 Å². The fourth-order valence-electron chi connectivity index (χ4n) is 0.369. The predicted octanol–water partition coefficient (Wildman–Crippen LogP) is 1.02. The SMILES string of the molecule is O=C(NCCCF)C(F)(F)F. The normalized spacial score (nSPS) is 11.3. The van der Waals surface area contributed by atoms with Crippen molar-refractivity contribution in [1.29, 1.82) is 0 Å². The van der Waals surface area contributed by atoms with Crippen LogP contribution in [0, 0.1) is 0 Å². The van der Waals surface area contributed by atoms with E-state index in [0.29, 0.717) is 0 Å². The Kier molecular flexibility index (Phi) is 3.84. The number of hydrogen-bond donors (Lipinski definition) is 1. The average Bonchev–Trinajstić information content (AvgIpc) is 1.86. The van der Waals surface area contributed by atoms with Crippen LogP contribution in [0.2, 0.25) is 0 Å². The molecule has 0 bridgehead atoms. The third kappa shape index (κ3) is 4.58. The fraction of sp³-hybridized carbons (Fsp3) is 0.800. The van der Waals surface area contributed by atoms with Gasteiger partial charge in [-0.25, -0.2) is 0 Å². The number of carbonyl (C=O) groups is 1. The van der Waals surface area contributed by atoms with E-state index in [2.05, 4.69) is 0 Å². The van der Waals surface area contributed by atoms with E-state index in [4.69, 9.17) is 0 Å². The molecule has 0 atom stereocenters. The summed E-state index contributed by atoms with van der Waals surface area (Å²) >= 11 is 0. The van der Waals surface area contributed by atoms with Gasteiger partial charge in [-0.3, -0.25) is 9.18 Å². The van der Waals surface area contributed by atoms with Crippen molar-refractivity contribution in [2.24, 2.45) is 0 Å². The zero-order valence-corrected chi connectivity index (χ0v) is 5.54. The molecule has 0 aromatic carbocycles. The van der Waals surface area contributed by atoms with Gasteiger partial charge in [0.25, 0.3) is 0 Å². The number of nitrogens with one attached hydrogen (secondary N) is 1. The summed E-state index contributed by atoms with van der Waals surface area (Å²) in [6, 6.07) is 0. The minimum absolute atomic E-state index is 0.0954. The Bertz CT molecular complexity index is 133. The summed E-state index contributed by atoms with van der Waals surface area (Å²) in [5.41, 5.74) is 0. The summed E-state index contributed by atoms with van der Waals surface area (Å²) in [4.78, 5) is 9.98. The van der Waals surface area contributed by atoms with Crippen molar-refractivity contribution in [2.75, 3.05) is 13.2 Å². The Labute approximate surface area is 60.6 Å². The van der Waals surface area contributed by atoms with Gasteiger partial charge in [-0.2, -0.15) is 13.2 Å². The Morgan fingerprint density at radius 3 is 2.27 bits per heavy atom. The molecule has 0 aliphatic carbocycles. The van der Waals surface area contributed by atoms with Crippen LogP contribution in [0.25, 0.3) is 0 Å². The van der Waals surface area contributed by atoms with Crippen molar-refractivity contribution in [3.63, 3.8) is 0 Å². The molecule has 0 spiro atoms. The Morgan fingerprint density at radius 1 is 1.36 bits per heavy atom. The monoisotopic (exact) mass is 173 g/mol. The highest BCUT2D eigenvalue weighted by atomic mass is 19.4. The molecule has 0 saturated heterocycles. The van der Waals surface area contributed by atoms with E-state index >= 15 is 0 Å². The lowest BCUT2D eigenvalue weighted by atomic mass is 10.4. The molecule has 0 aromatic rings. The minimum Gasteiger partial charge on any atom is -0.348 e. The molecule has 0 saturated carbocycles. The lowest BCUT2D eigenvalue weighted by Gasteiger charge is -2.05. The number of alkyl halides is 4. The van der Waals surface area contributed by atoms with E-state index in [1.807, 2.05) is 0 Å². The van der Waals surface area contributed by atoms with Gasteiger partial charge < -0.3 is 5.32 Å². The van der Waals surface area contributed by atoms with Crippen molar-refractivity contribution in [3.05, 3.63) is 0 Å².